The second-order valence-electron chi connectivity index (χ2n) is 5.84. The van der Waals surface area contributed by atoms with Crippen LogP contribution in [0.4, 0.5) is 10.6 Å². The van der Waals surface area contributed by atoms with Gasteiger partial charge < -0.3 is 4.74 Å². The van der Waals surface area contributed by atoms with E-state index in [1.54, 1.807) is 5.51 Å². The third kappa shape index (κ3) is 3.24. The summed E-state index contributed by atoms with van der Waals surface area (Å²) in [6.07, 6.45) is 1.82. The molecule has 2 aromatic rings. The van der Waals surface area contributed by atoms with E-state index in [9.17, 15) is 4.79 Å². The van der Waals surface area contributed by atoms with Crippen molar-refractivity contribution >= 4 is 46.2 Å². The molecule has 1 N–H and O–H groups in total. The lowest BCUT2D eigenvalue weighted by atomic mass is 9.86. The number of fused-ring (bicyclic) bond motifs is 3. The summed E-state index contributed by atoms with van der Waals surface area (Å²) in [6, 6.07) is 3.78. The lowest BCUT2D eigenvalue weighted by molar-refractivity contribution is -0.0290. The highest BCUT2D eigenvalue weighted by molar-refractivity contribution is 7.23. The molecule has 0 spiro atoms. The number of thiazole rings is 1. The number of aromatic nitrogens is 1. The Kier molecular flexibility index (Phi) is 4.27. The van der Waals surface area contributed by atoms with Crippen LogP contribution >= 0.6 is 34.3 Å². The number of anilines is 1. The minimum Gasteiger partial charge on any atom is -0.444 e. The van der Waals surface area contributed by atoms with Gasteiger partial charge in [0.05, 0.1) is 14.7 Å². The topological polar surface area (TPSA) is 54.5 Å². The molecule has 2 bridgehead atoms. The number of hydrogen-bond acceptors (Lipinski definition) is 6. The highest BCUT2D eigenvalue weighted by Gasteiger charge is 2.36. The number of thiophene rings is 1. The van der Waals surface area contributed by atoms with Crippen LogP contribution in [0, 0.1) is 5.92 Å². The van der Waals surface area contributed by atoms with Crippen molar-refractivity contribution in [2.45, 2.75) is 18.9 Å². The maximum Gasteiger partial charge on any atom is 0.413 e. The van der Waals surface area contributed by atoms with E-state index in [0.29, 0.717) is 16.1 Å². The number of amides is 1. The number of hydrogen-bond donors (Lipinski definition) is 1. The van der Waals surface area contributed by atoms with Gasteiger partial charge in [0, 0.05) is 11.4 Å². The molecule has 1 atom stereocenters. The zero-order valence-corrected chi connectivity index (χ0v) is 14.7. The molecule has 3 fully saturated rings. The Morgan fingerprint density at radius 1 is 1.39 bits per heavy atom. The second-order valence-corrected chi connectivity index (χ2v) is 8.41. The van der Waals surface area contributed by atoms with Gasteiger partial charge in [-0.2, -0.15) is 0 Å². The number of rotatable bonds is 3. The molecule has 3 aliphatic rings. The maximum absolute atomic E-state index is 12.2. The summed E-state index contributed by atoms with van der Waals surface area (Å²) in [5.74, 6) is 1.04. The number of halogens is 1. The largest absolute Gasteiger partial charge is 0.444 e. The van der Waals surface area contributed by atoms with E-state index in [1.807, 2.05) is 12.1 Å². The number of nitrogens with zero attached hydrogens (tertiary/aromatic N) is 2. The van der Waals surface area contributed by atoms with Crippen molar-refractivity contribution in [3.8, 4) is 9.75 Å². The van der Waals surface area contributed by atoms with Crippen molar-refractivity contribution in [1.82, 2.24) is 9.88 Å². The Labute approximate surface area is 147 Å². The molecule has 122 valence electrons. The molecule has 0 radical (unpaired) electrons. The molecule has 3 saturated heterocycles. The summed E-state index contributed by atoms with van der Waals surface area (Å²) in [5, 5.41) is 2.79. The fraction of sp³-hybridized carbons (Fsp3) is 0.467. The average molecular weight is 370 g/mol. The van der Waals surface area contributed by atoms with Gasteiger partial charge in [-0.3, -0.25) is 10.2 Å². The van der Waals surface area contributed by atoms with Crippen LogP contribution in [0.3, 0.4) is 0 Å². The van der Waals surface area contributed by atoms with Crippen LogP contribution in [0.2, 0.25) is 4.34 Å². The summed E-state index contributed by atoms with van der Waals surface area (Å²) < 4.78 is 6.36. The average Bonchev–Trinajstić information content (AvgIpc) is 3.17. The minimum atomic E-state index is -0.418. The van der Waals surface area contributed by atoms with Gasteiger partial charge >= 0.3 is 6.09 Å². The second kappa shape index (κ2) is 6.39. The van der Waals surface area contributed by atoms with Gasteiger partial charge in [-0.25, -0.2) is 9.78 Å². The predicted molar refractivity (Wildman–Crippen MR) is 93.5 cm³/mol. The fourth-order valence-electron chi connectivity index (χ4n) is 3.25. The lowest BCUT2D eigenvalue weighted by Crippen LogP contribution is -2.52. The van der Waals surface area contributed by atoms with Gasteiger partial charge in [0.15, 0.2) is 5.82 Å². The van der Waals surface area contributed by atoms with Crippen molar-refractivity contribution in [2.24, 2.45) is 5.92 Å². The zero-order valence-electron chi connectivity index (χ0n) is 12.3. The van der Waals surface area contributed by atoms with Crippen molar-refractivity contribution < 1.29 is 9.53 Å². The molecule has 5 nitrogen and oxygen atoms in total. The Morgan fingerprint density at radius 2 is 2.22 bits per heavy atom. The number of nitrogens with one attached hydrogen (secondary N) is 1. The predicted octanol–water partition coefficient (Wildman–Crippen LogP) is 4.17. The Balaban J connectivity index is 1.42. The van der Waals surface area contributed by atoms with Crippen LogP contribution in [-0.4, -0.2) is 41.7 Å². The third-order valence-electron chi connectivity index (χ3n) is 4.44. The van der Waals surface area contributed by atoms with Gasteiger partial charge in [-0.05, 0) is 44.0 Å². The van der Waals surface area contributed by atoms with Crippen LogP contribution in [0.1, 0.15) is 12.8 Å². The first-order valence-electron chi connectivity index (χ1n) is 7.58. The van der Waals surface area contributed by atoms with Crippen LogP contribution < -0.4 is 5.32 Å². The summed E-state index contributed by atoms with van der Waals surface area (Å²) in [4.78, 5) is 20.7. The Bertz CT molecular complexity index is 709. The van der Waals surface area contributed by atoms with Crippen LogP contribution in [0.15, 0.2) is 17.6 Å². The van der Waals surface area contributed by atoms with E-state index in [1.165, 1.54) is 22.7 Å². The first-order valence-corrected chi connectivity index (χ1v) is 9.65. The molecule has 5 rings (SSSR count). The van der Waals surface area contributed by atoms with Gasteiger partial charge in [0.25, 0.3) is 0 Å². The van der Waals surface area contributed by atoms with E-state index in [-0.39, 0.29) is 6.10 Å². The molecule has 0 unspecified atom stereocenters. The van der Waals surface area contributed by atoms with Gasteiger partial charge in [0.1, 0.15) is 6.10 Å². The lowest BCUT2D eigenvalue weighted by Gasteiger charge is -2.43. The smallest absolute Gasteiger partial charge is 0.413 e. The molecule has 2 aromatic heterocycles. The van der Waals surface area contributed by atoms with E-state index in [4.69, 9.17) is 16.3 Å². The van der Waals surface area contributed by atoms with Crippen molar-refractivity contribution in [3.63, 3.8) is 0 Å². The standard InChI is InChI=1S/C15H16ClN3O2S2/c16-12-2-1-11(23-12)13-14(17-8-22-13)18-15(20)21-10-7-19-5-3-9(10)4-6-19/h1-2,8-10H,3-7H2,(H,18,20)/t10-/m0/s1. The van der Waals surface area contributed by atoms with E-state index in [2.05, 4.69) is 15.2 Å². The normalized spacial score (nSPS) is 26.2. The quantitative estimate of drug-likeness (QED) is 0.882. The van der Waals surface area contributed by atoms with E-state index in [0.717, 1.165) is 42.2 Å². The molecule has 23 heavy (non-hydrogen) atoms. The van der Waals surface area contributed by atoms with E-state index >= 15 is 0 Å². The van der Waals surface area contributed by atoms with Gasteiger partial charge in [-0.1, -0.05) is 11.6 Å². The molecule has 5 heterocycles. The first-order chi connectivity index (χ1) is 11.2. The zero-order chi connectivity index (χ0) is 15.8. The highest BCUT2D eigenvalue weighted by atomic mass is 35.5. The van der Waals surface area contributed by atoms with Crippen molar-refractivity contribution in [2.75, 3.05) is 25.0 Å². The summed E-state index contributed by atoms with van der Waals surface area (Å²) in [7, 11) is 0. The molecule has 0 aromatic carbocycles. The van der Waals surface area contributed by atoms with Gasteiger partial charge in [-0.15, -0.1) is 22.7 Å². The molecule has 0 saturated carbocycles. The molecular formula is C15H16ClN3O2S2. The van der Waals surface area contributed by atoms with Crippen molar-refractivity contribution in [3.05, 3.63) is 22.0 Å². The monoisotopic (exact) mass is 369 g/mol. The number of carbonyl (C=O) groups is 1. The molecule has 3 aliphatic heterocycles. The van der Waals surface area contributed by atoms with Crippen LogP contribution in [0.5, 0.6) is 0 Å². The minimum absolute atomic E-state index is 0.00392. The van der Waals surface area contributed by atoms with Gasteiger partial charge in [0.2, 0.25) is 0 Å². The van der Waals surface area contributed by atoms with Crippen molar-refractivity contribution in [1.29, 1.82) is 0 Å². The van der Waals surface area contributed by atoms with Crippen LogP contribution in [0.25, 0.3) is 9.75 Å². The Hall–Kier alpha value is -1.15. The summed E-state index contributed by atoms with van der Waals surface area (Å²) in [6.45, 7) is 3.10. The third-order valence-corrected chi connectivity index (χ3v) is 6.68. The van der Waals surface area contributed by atoms with Crippen LogP contribution in [-0.2, 0) is 4.74 Å². The summed E-state index contributed by atoms with van der Waals surface area (Å²) in [5.41, 5.74) is 1.72. The molecule has 8 heteroatoms. The fourth-order valence-corrected chi connectivity index (χ4v) is 5.17. The maximum atomic E-state index is 12.2. The number of ether oxygens (including phenoxy) is 1. The first kappa shape index (κ1) is 15.4. The Morgan fingerprint density at radius 3 is 2.87 bits per heavy atom. The number of carbonyl (C=O) groups excluding carboxylic acids is 1. The summed E-state index contributed by atoms with van der Waals surface area (Å²) >= 11 is 8.93. The molecule has 0 aliphatic carbocycles. The highest BCUT2D eigenvalue weighted by Crippen LogP contribution is 2.38. The molecular weight excluding hydrogens is 354 g/mol. The SMILES string of the molecule is O=C(Nc1ncsc1-c1ccc(Cl)s1)O[C@H]1CN2CCC1CC2. The number of piperidine rings is 3. The van der Waals surface area contributed by atoms with E-state index < -0.39 is 6.09 Å². The molecule has 1 amide bonds.